The standard InChI is InChI=1S/C9H12F3N3O/c10-9(11,12)8-15-14-7(16-8)2-1-5-13-6-3-4-6/h6,13H,1-5H2. The number of aromatic nitrogens is 2. The third-order valence-electron chi connectivity index (χ3n) is 2.29. The maximum absolute atomic E-state index is 12.1. The van der Waals surface area contributed by atoms with Crippen molar-refractivity contribution in [2.75, 3.05) is 6.54 Å². The van der Waals surface area contributed by atoms with Crippen LogP contribution in [0.2, 0.25) is 0 Å². The molecule has 0 saturated heterocycles. The van der Waals surface area contributed by atoms with Crippen LogP contribution >= 0.6 is 0 Å². The van der Waals surface area contributed by atoms with Crippen molar-refractivity contribution in [2.45, 2.75) is 37.9 Å². The van der Waals surface area contributed by atoms with Crippen molar-refractivity contribution in [2.24, 2.45) is 0 Å². The van der Waals surface area contributed by atoms with Gasteiger partial charge in [-0.1, -0.05) is 0 Å². The van der Waals surface area contributed by atoms with Gasteiger partial charge in [-0.2, -0.15) is 13.2 Å². The van der Waals surface area contributed by atoms with E-state index in [1.807, 2.05) is 0 Å². The average Bonchev–Trinajstić information content (AvgIpc) is 2.88. The van der Waals surface area contributed by atoms with E-state index in [1.165, 1.54) is 12.8 Å². The molecule has 1 heterocycles. The Balaban J connectivity index is 1.73. The minimum absolute atomic E-state index is 0.0462. The van der Waals surface area contributed by atoms with E-state index in [0.717, 1.165) is 6.54 Å². The fraction of sp³-hybridized carbons (Fsp3) is 0.778. The fourth-order valence-corrected chi connectivity index (χ4v) is 1.30. The van der Waals surface area contributed by atoms with Crippen LogP contribution in [0.1, 0.15) is 31.0 Å². The number of hydrogen-bond acceptors (Lipinski definition) is 4. The zero-order chi connectivity index (χ0) is 11.6. The van der Waals surface area contributed by atoms with Gasteiger partial charge in [-0.05, 0) is 25.8 Å². The Morgan fingerprint density at radius 1 is 1.31 bits per heavy atom. The Morgan fingerprint density at radius 2 is 2.06 bits per heavy atom. The summed E-state index contributed by atoms with van der Waals surface area (Å²) in [6.07, 6.45) is -1.08. The van der Waals surface area contributed by atoms with Gasteiger partial charge in [-0.3, -0.25) is 0 Å². The molecule has 0 unspecified atom stereocenters. The first-order valence-corrected chi connectivity index (χ1v) is 5.18. The summed E-state index contributed by atoms with van der Waals surface area (Å²) in [5, 5.41) is 9.55. The Labute approximate surface area is 90.2 Å². The number of rotatable bonds is 5. The van der Waals surface area contributed by atoms with E-state index in [2.05, 4.69) is 19.9 Å². The highest BCUT2D eigenvalue weighted by Crippen LogP contribution is 2.27. The van der Waals surface area contributed by atoms with E-state index in [1.54, 1.807) is 0 Å². The predicted octanol–water partition coefficient (Wildman–Crippen LogP) is 1.77. The molecule has 0 radical (unpaired) electrons. The van der Waals surface area contributed by atoms with Crippen LogP contribution in [0.5, 0.6) is 0 Å². The van der Waals surface area contributed by atoms with Crippen LogP contribution in [0.3, 0.4) is 0 Å². The van der Waals surface area contributed by atoms with E-state index in [4.69, 9.17) is 0 Å². The Kier molecular flexibility index (Phi) is 3.13. The summed E-state index contributed by atoms with van der Waals surface area (Å²) < 4.78 is 40.8. The Morgan fingerprint density at radius 3 is 2.62 bits per heavy atom. The molecule has 0 aliphatic heterocycles. The summed E-state index contributed by atoms with van der Waals surface area (Å²) in [6, 6.07) is 0.605. The molecule has 1 aromatic heterocycles. The third kappa shape index (κ3) is 3.19. The highest BCUT2D eigenvalue weighted by Gasteiger charge is 2.38. The lowest BCUT2D eigenvalue weighted by Gasteiger charge is -1.99. The maximum Gasteiger partial charge on any atom is 0.470 e. The summed E-state index contributed by atoms with van der Waals surface area (Å²) in [5.41, 5.74) is 0. The van der Waals surface area contributed by atoms with E-state index in [-0.39, 0.29) is 5.89 Å². The lowest BCUT2D eigenvalue weighted by Crippen LogP contribution is -2.17. The van der Waals surface area contributed by atoms with Gasteiger partial charge in [0.05, 0.1) is 0 Å². The zero-order valence-corrected chi connectivity index (χ0v) is 8.55. The van der Waals surface area contributed by atoms with Crippen LogP contribution in [-0.4, -0.2) is 22.8 Å². The predicted molar refractivity (Wildman–Crippen MR) is 48.6 cm³/mol. The summed E-state index contributed by atoms with van der Waals surface area (Å²) in [4.78, 5) is 0. The summed E-state index contributed by atoms with van der Waals surface area (Å²) >= 11 is 0. The summed E-state index contributed by atoms with van der Waals surface area (Å²) in [6.45, 7) is 0.772. The molecule has 0 amide bonds. The van der Waals surface area contributed by atoms with Crippen molar-refractivity contribution < 1.29 is 17.6 Å². The van der Waals surface area contributed by atoms with Gasteiger partial charge in [0.2, 0.25) is 5.89 Å². The normalized spacial score (nSPS) is 16.7. The van der Waals surface area contributed by atoms with Crippen molar-refractivity contribution in [1.29, 1.82) is 0 Å². The van der Waals surface area contributed by atoms with Crippen LogP contribution in [0.4, 0.5) is 13.2 Å². The second-order valence-electron chi connectivity index (χ2n) is 3.83. The van der Waals surface area contributed by atoms with Crippen LogP contribution < -0.4 is 5.32 Å². The van der Waals surface area contributed by atoms with Gasteiger partial charge in [0.15, 0.2) is 0 Å². The first-order chi connectivity index (χ1) is 7.55. The lowest BCUT2D eigenvalue weighted by molar-refractivity contribution is -0.157. The highest BCUT2D eigenvalue weighted by molar-refractivity contribution is 4.87. The quantitative estimate of drug-likeness (QED) is 0.790. The van der Waals surface area contributed by atoms with E-state index in [0.29, 0.717) is 18.9 Å². The van der Waals surface area contributed by atoms with Gasteiger partial charge < -0.3 is 9.73 Å². The maximum atomic E-state index is 12.1. The highest BCUT2D eigenvalue weighted by atomic mass is 19.4. The van der Waals surface area contributed by atoms with Crippen LogP contribution in [0.15, 0.2) is 4.42 Å². The van der Waals surface area contributed by atoms with Crippen molar-refractivity contribution in [1.82, 2.24) is 15.5 Å². The van der Waals surface area contributed by atoms with Crippen LogP contribution in [0, 0.1) is 0 Å². The van der Waals surface area contributed by atoms with Crippen molar-refractivity contribution in [3.8, 4) is 0 Å². The number of halogens is 3. The van der Waals surface area contributed by atoms with Crippen molar-refractivity contribution >= 4 is 0 Å². The number of alkyl halides is 3. The molecule has 7 heteroatoms. The molecule has 1 aliphatic carbocycles. The molecule has 1 N–H and O–H groups in total. The lowest BCUT2D eigenvalue weighted by atomic mass is 10.3. The molecule has 4 nitrogen and oxygen atoms in total. The molecule has 0 atom stereocenters. The van der Waals surface area contributed by atoms with Gasteiger partial charge >= 0.3 is 12.1 Å². The molecule has 1 saturated carbocycles. The first kappa shape index (κ1) is 11.4. The molecular weight excluding hydrogens is 223 g/mol. The van der Waals surface area contributed by atoms with Crippen LogP contribution in [0.25, 0.3) is 0 Å². The van der Waals surface area contributed by atoms with Crippen molar-refractivity contribution in [3.05, 3.63) is 11.8 Å². The zero-order valence-electron chi connectivity index (χ0n) is 8.55. The van der Waals surface area contributed by atoms with E-state index in [9.17, 15) is 13.2 Å². The van der Waals surface area contributed by atoms with Gasteiger partial charge in [0, 0.05) is 12.5 Å². The third-order valence-corrected chi connectivity index (χ3v) is 2.29. The monoisotopic (exact) mass is 235 g/mol. The first-order valence-electron chi connectivity index (χ1n) is 5.18. The summed E-state index contributed by atoms with van der Waals surface area (Å²) in [5.74, 6) is -1.22. The molecule has 90 valence electrons. The second kappa shape index (κ2) is 4.40. The topological polar surface area (TPSA) is 51.0 Å². The Bertz CT molecular complexity index is 346. The number of aryl methyl sites for hydroxylation is 1. The smallest absolute Gasteiger partial charge is 0.417 e. The minimum Gasteiger partial charge on any atom is -0.417 e. The van der Waals surface area contributed by atoms with Crippen molar-refractivity contribution in [3.63, 3.8) is 0 Å². The molecule has 16 heavy (non-hydrogen) atoms. The average molecular weight is 235 g/mol. The molecule has 1 fully saturated rings. The number of hydrogen-bond donors (Lipinski definition) is 1. The fourth-order valence-electron chi connectivity index (χ4n) is 1.30. The summed E-state index contributed by atoms with van der Waals surface area (Å²) in [7, 11) is 0. The molecular formula is C9H12F3N3O. The minimum atomic E-state index is -4.54. The molecule has 0 aromatic carbocycles. The molecule has 2 rings (SSSR count). The number of nitrogens with zero attached hydrogens (tertiary/aromatic N) is 2. The van der Waals surface area contributed by atoms with Gasteiger partial charge in [0.1, 0.15) is 0 Å². The number of nitrogens with one attached hydrogen (secondary N) is 1. The van der Waals surface area contributed by atoms with Gasteiger partial charge in [-0.25, -0.2) is 0 Å². The molecule has 0 bridgehead atoms. The molecule has 1 aliphatic rings. The Hall–Kier alpha value is -1.11. The second-order valence-corrected chi connectivity index (χ2v) is 3.83. The van der Waals surface area contributed by atoms with E-state index < -0.39 is 12.1 Å². The van der Waals surface area contributed by atoms with E-state index >= 15 is 0 Å². The molecule has 0 spiro atoms. The SMILES string of the molecule is FC(F)(F)c1nnc(CCCNC2CC2)o1. The van der Waals surface area contributed by atoms with Crippen LogP contribution in [-0.2, 0) is 12.6 Å². The van der Waals surface area contributed by atoms with Gasteiger partial charge in [-0.15, -0.1) is 10.2 Å². The molecule has 1 aromatic rings. The largest absolute Gasteiger partial charge is 0.470 e. The van der Waals surface area contributed by atoms with Gasteiger partial charge in [0.25, 0.3) is 0 Å².